The van der Waals surface area contributed by atoms with Crippen molar-refractivity contribution in [2.75, 3.05) is 13.2 Å². The van der Waals surface area contributed by atoms with Gasteiger partial charge in [-0.3, -0.25) is 9.35 Å². The van der Waals surface area contributed by atoms with E-state index in [2.05, 4.69) is 35.5 Å². The number of hydrogen-bond acceptors (Lipinski definition) is 11. The fraction of sp³-hybridized carbons (Fsp3) is 0.878. The molecular weight excluding hydrogens is 731 g/mol. The second kappa shape index (κ2) is 32.5. The lowest BCUT2D eigenvalue weighted by molar-refractivity contribution is -0.298. The van der Waals surface area contributed by atoms with E-state index < -0.39 is 78.5 Å². The van der Waals surface area contributed by atoms with Crippen molar-refractivity contribution in [3.8, 4) is 0 Å². The quantitative estimate of drug-likeness (QED) is 0.0212. The molecular formula is C41H77NO12S. The van der Waals surface area contributed by atoms with E-state index in [1.54, 1.807) is 0 Å². The molecule has 0 spiro atoms. The number of aliphatic hydroxyl groups excluding tert-OH is 5. The van der Waals surface area contributed by atoms with Crippen molar-refractivity contribution in [3.05, 3.63) is 24.3 Å². The van der Waals surface area contributed by atoms with Gasteiger partial charge in [0.15, 0.2) is 6.29 Å². The summed E-state index contributed by atoms with van der Waals surface area (Å²) in [6.45, 7) is 3.17. The summed E-state index contributed by atoms with van der Waals surface area (Å²) in [6.07, 6.45) is 22.7. The molecule has 1 rings (SSSR count). The Kier molecular flexibility index (Phi) is 30.5. The Hall–Kier alpha value is -1.46. The Morgan fingerprint density at radius 3 is 1.69 bits per heavy atom. The number of ether oxygens (including phenoxy) is 2. The standard InChI is InChI=1S/C41H77NO12S/c1-3-5-7-9-11-13-15-17-18-20-21-23-25-27-29-34(44)33(32-52-41-38(47)39(54-55(49,50)51)37(46)36(31-43)53-41)42-40(48)35(45)30-28-26-24-22-19-16-14-12-10-8-6-4-2/h19,22,27,29,33-39,41,43-47H,3-18,20-21,23-26,28,30-32H2,1-2H3,(H,42,48)(H,49,50,51)/b22-19-,29-27+. The van der Waals surface area contributed by atoms with Crippen molar-refractivity contribution in [3.63, 3.8) is 0 Å². The van der Waals surface area contributed by atoms with E-state index in [9.17, 15) is 38.7 Å². The van der Waals surface area contributed by atoms with Gasteiger partial charge in [0.25, 0.3) is 0 Å². The van der Waals surface area contributed by atoms with Crippen LogP contribution in [0.25, 0.3) is 0 Å². The number of nitrogens with one attached hydrogen (secondary N) is 1. The molecule has 1 amide bonds. The van der Waals surface area contributed by atoms with Gasteiger partial charge in [-0.05, 0) is 44.9 Å². The van der Waals surface area contributed by atoms with Gasteiger partial charge in [0.1, 0.15) is 30.5 Å². The van der Waals surface area contributed by atoms with Crippen LogP contribution in [-0.4, -0.2) is 107 Å². The Balaban J connectivity index is 2.68. The number of carbonyl (C=O) groups is 1. The maximum absolute atomic E-state index is 13.0. The molecule has 324 valence electrons. The Labute approximate surface area is 332 Å². The van der Waals surface area contributed by atoms with Crippen LogP contribution in [0.3, 0.4) is 0 Å². The van der Waals surface area contributed by atoms with Crippen LogP contribution in [0.2, 0.25) is 0 Å². The van der Waals surface area contributed by atoms with Crippen LogP contribution in [0.4, 0.5) is 0 Å². The summed E-state index contributed by atoms with van der Waals surface area (Å²) in [5, 5.41) is 55.0. The first-order valence-corrected chi connectivity index (χ1v) is 22.7. The summed E-state index contributed by atoms with van der Waals surface area (Å²) in [5.74, 6) is -0.720. The van der Waals surface area contributed by atoms with Gasteiger partial charge in [-0.25, -0.2) is 4.18 Å². The van der Waals surface area contributed by atoms with Crippen LogP contribution in [0.1, 0.15) is 168 Å². The maximum atomic E-state index is 13.0. The van der Waals surface area contributed by atoms with E-state index in [-0.39, 0.29) is 6.42 Å². The molecule has 1 aliphatic rings. The molecule has 0 radical (unpaired) electrons. The maximum Gasteiger partial charge on any atom is 0.397 e. The monoisotopic (exact) mass is 808 g/mol. The Morgan fingerprint density at radius 1 is 0.727 bits per heavy atom. The summed E-state index contributed by atoms with van der Waals surface area (Å²) < 4.78 is 47.3. The van der Waals surface area contributed by atoms with Crippen LogP contribution in [0.5, 0.6) is 0 Å². The van der Waals surface area contributed by atoms with Crippen LogP contribution < -0.4 is 5.32 Å². The fourth-order valence-corrected chi connectivity index (χ4v) is 7.14. The van der Waals surface area contributed by atoms with Crippen molar-refractivity contribution in [2.24, 2.45) is 0 Å². The molecule has 0 aromatic rings. The van der Waals surface area contributed by atoms with Gasteiger partial charge < -0.3 is 40.3 Å². The molecule has 0 saturated carbocycles. The minimum Gasteiger partial charge on any atom is -0.394 e. The first-order chi connectivity index (χ1) is 26.4. The molecule has 0 aromatic carbocycles. The van der Waals surface area contributed by atoms with E-state index in [0.29, 0.717) is 12.8 Å². The Morgan fingerprint density at radius 2 is 1.20 bits per heavy atom. The van der Waals surface area contributed by atoms with E-state index in [1.807, 2.05) is 6.08 Å². The molecule has 1 saturated heterocycles. The fourth-order valence-electron chi connectivity index (χ4n) is 6.63. The lowest BCUT2D eigenvalue weighted by atomic mass is 9.99. The van der Waals surface area contributed by atoms with Crippen molar-refractivity contribution >= 4 is 16.3 Å². The minimum absolute atomic E-state index is 0.213. The topological polar surface area (TPSA) is 212 Å². The molecule has 1 aliphatic heterocycles. The lowest BCUT2D eigenvalue weighted by Crippen LogP contribution is -2.61. The SMILES string of the molecule is CCCCCCCC/C=C\CCCCC(O)C(=O)NC(COC1OC(CO)C(O)C(OS(=O)(=O)O)C1O)C(O)/C=C/CCCCCCCCCCCCCC. The van der Waals surface area contributed by atoms with Crippen molar-refractivity contribution in [1.82, 2.24) is 5.32 Å². The van der Waals surface area contributed by atoms with Gasteiger partial charge in [-0.15, -0.1) is 0 Å². The van der Waals surface area contributed by atoms with E-state index in [0.717, 1.165) is 38.5 Å². The molecule has 7 N–H and O–H groups in total. The number of hydrogen-bond donors (Lipinski definition) is 7. The van der Waals surface area contributed by atoms with Crippen molar-refractivity contribution in [2.45, 2.75) is 217 Å². The lowest BCUT2D eigenvalue weighted by Gasteiger charge is -2.41. The zero-order chi connectivity index (χ0) is 40.7. The number of aliphatic hydroxyl groups is 5. The molecule has 0 aliphatic carbocycles. The highest BCUT2D eigenvalue weighted by molar-refractivity contribution is 7.80. The highest BCUT2D eigenvalue weighted by Gasteiger charge is 2.48. The average Bonchev–Trinajstić information content (AvgIpc) is 3.15. The molecule has 8 atom stereocenters. The predicted octanol–water partition coefficient (Wildman–Crippen LogP) is 6.35. The van der Waals surface area contributed by atoms with Crippen LogP contribution in [0.15, 0.2) is 24.3 Å². The van der Waals surface area contributed by atoms with Crippen LogP contribution >= 0.6 is 0 Å². The predicted molar refractivity (Wildman–Crippen MR) is 215 cm³/mol. The highest BCUT2D eigenvalue weighted by Crippen LogP contribution is 2.26. The second-order valence-electron chi connectivity index (χ2n) is 15.1. The van der Waals surface area contributed by atoms with E-state index in [4.69, 9.17) is 14.0 Å². The first kappa shape index (κ1) is 51.6. The third kappa shape index (κ3) is 25.5. The second-order valence-corrected chi connectivity index (χ2v) is 16.1. The number of allylic oxidation sites excluding steroid dienone is 3. The first-order valence-electron chi connectivity index (χ1n) is 21.3. The van der Waals surface area contributed by atoms with Crippen molar-refractivity contribution < 1.29 is 57.0 Å². The third-order valence-electron chi connectivity index (χ3n) is 10.1. The molecule has 0 aromatic heterocycles. The minimum atomic E-state index is -5.11. The largest absolute Gasteiger partial charge is 0.397 e. The smallest absolute Gasteiger partial charge is 0.394 e. The molecule has 13 nitrogen and oxygen atoms in total. The summed E-state index contributed by atoms with van der Waals surface area (Å²) in [7, 11) is -5.11. The summed E-state index contributed by atoms with van der Waals surface area (Å²) in [5.41, 5.74) is 0. The van der Waals surface area contributed by atoms with Gasteiger partial charge in [0, 0.05) is 0 Å². The van der Waals surface area contributed by atoms with Gasteiger partial charge in [-0.1, -0.05) is 147 Å². The number of amides is 1. The normalized spacial score (nSPS) is 22.4. The van der Waals surface area contributed by atoms with Gasteiger partial charge >= 0.3 is 10.4 Å². The van der Waals surface area contributed by atoms with Crippen molar-refractivity contribution in [1.29, 1.82) is 0 Å². The van der Waals surface area contributed by atoms with Crippen LogP contribution in [0, 0.1) is 0 Å². The van der Waals surface area contributed by atoms with Gasteiger partial charge in [0.05, 0.1) is 25.4 Å². The van der Waals surface area contributed by atoms with Gasteiger partial charge in [-0.2, -0.15) is 8.42 Å². The number of unbranched alkanes of at least 4 members (excludes halogenated alkanes) is 20. The zero-order valence-electron chi connectivity index (χ0n) is 33.9. The van der Waals surface area contributed by atoms with E-state index in [1.165, 1.54) is 102 Å². The zero-order valence-corrected chi connectivity index (χ0v) is 34.7. The van der Waals surface area contributed by atoms with E-state index >= 15 is 0 Å². The molecule has 55 heavy (non-hydrogen) atoms. The molecule has 1 fully saturated rings. The number of rotatable bonds is 35. The molecule has 0 bridgehead atoms. The molecule has 1 heterocycles. The average molecular weight is 808 g/mol. The summed E-state index contributed by atoms with van der Waals surface area (Å²) in [4.78, 5) is 13.0. The highest BCUT2D eigenvalue weighted by atomic mass is 32.3. The van der Waals surface area contributed by atoms with Gasteiger partial charge in [0.2, 0.25) is 5.91 Å². The molecule has 14 heteroatoms. The summed E-state index contributed by atoms with van der Waals surface area (Å²) >= 11 is 0. The molecule has 8 unspecified atom stereocenters. The summed E-state index contributed by atoms with van der Waals surface area (Å²) in [6, 6.07) is -1.12. The Bertz CT molecular complexity index is 1110. The number of carbonyl (C=O) groups excluding carboxylic acids is 1. The third-order valence-corrected chi connectivity index (χ3v) is 10.5. The van der Waals surface area contributed by atoms with Crippen LogP contribution in [-0.2, 0) is 28.9 Å².